The lowest BCUT2D eigenvalue weighted by molar-refractivity contribution is -0.140. The molecule has 0 radical (unpaired) electrons. The van der Waals surface area contributed by atoms with Gasteiger partial charge in [-0.15, -0.1) is 0 Å². The molecular weight excluding hydrogens is 548 g/mol. The molecule has 0 saturated heterocycles. The molecule has 0 spiro atoms. The maximum Gasteiger partial charge on any atom is 0.248 e. The number of carbonyl (C=O) groups is 2. The number of amides is 2. The third-order valence-corrected chi connectivity index (χ3v) is 8.65. The molecule has 0 rings (SSSR count). The summed E-state index contributed by atoms with van der Waals surface area (Å²) in [5.74, 6) is 0.180. The molecule has 0 aromatic carbocycles. The van der Waals surface area contributed by atoms with Crippen LogP contribution in [0, 0.1) is 0 Å². The molecule has 0 atom stereocenters. The second kappa shape index (κ2) is 34.7. The number of nitrogens with zero attached hydrogens (tertiary/aromatic N) is 2. The summed E-state index contributed by atoms with van der Waals surface area (Å²) in [6.07, 6.45) is 29.5. The van der Waals surface area contributed by atoms with E-state index in [0.29, 0.717) is 13.2 Å². The Bertz CT molecular complexity index is 532. The third kappa shape index (κ3) is 28.3. The van der Waals surface area contributed by atoms with Crippen molar-refractivity contribution in [2.45, 2.75) is 182 Å². The van der Waals surface area contributed by atoms with Gasteiger partial charge in [0.2, 0.25) is 11.8 Å². The van der Waals surface area contributed by atoms with Gasteiger partial charge in [-0.2, -0.15) is 0 Å². The van der Waals surface area contributed by atoms with E-state index in [1.807, 2.05) is 9.80 Å². The summed E-state index contributed by atoms with van der Waals surface area (Å²) in [7, 11) is 0. The zero-order valence-electron chi connectivity index (χ0n) is 30.2. The van der Waals surface area contributed by atoms with Gasteiger partial charge in [0.1, 0.15) is 13.2 Å². The number of hydrogen-bond acceptors (Lipinski definition) is 4. The molecule has 0 fully saturated rings. The maximum absolute atomic E-state index is 13.0. The zero-order valence-corrected chi connectivity index (χ0v) is 30.2. The standard InChI is InChI=1S/C38H76N2O4/c1-5-9-13-17-21-25-29-39(30-26-22-18-14-10-6-2)37(41)35-43-33-34-44-36-38(42)40(31-27-23-19-15-11-7-3)32-28-24-20-16-12-8-4/h5-36H2,1-4H3. The molecule has 0 aromatic heterocycles. The van der Waals surface area contributed by atoms with E-state index in [1.165, 1.54) is 128 Å². The van der Waals surface area contributed by atoms with Crippen LogP contribution in [0.1, 0.15) is 182 Å². The van der Waals surface area contributed by atoms with Gasteiger partial charge >= 0.3 is 0 Å². The normalized spacial score (nSPS) is 11.3. The van der Waals surface area contributed by atoms with Gasteiger partial charge in [0.25, 0.3) is 0 Å². The van der Waals surface area contributed by atoms with Crippen LogP contribution < -0.4 is 0 Å². The lowest BCUT2D eigenvalue weighted by atomic mass is 10.1. The molecule has 0 N–H and O–H groups in total. The van der Waals surface area contributed by atoms with Crippen molar-refractivity contribution in [3.05, 3.63) is 0 Å². The van der Waals surface area contributed by atoms with Crippen molar-refractivity contribution in [2.75, 3.05) is 52.6 Å². The largest absolute Gasteiger partial charge is 0.369 e. The van der Waals surface area contributed by atoms with Gasteiger partial charge in [-0.25, -0.2) is 0 Å². The van der Waals surface area contributed by atoms with Crippen molar-refractivity contribution < 1.29 is 19.1 Å². The molecule has 0 aliphatic carbocycles. The minimum Gasteiger partial charge on any atom is -0.369 e. The van der Waals surface area contributed by atoms with Crippen LogP contribution in [0.4, 0.5) is 0 Å². The van der Waals surface area contributed by atoms with Crippen LogP contribution >= 0.6 is 0 Å². The van der Waals surface area contributed by atoms with Crippen LogP contribution in [-0.4, -0.2) is 74.2 Å². The summed E-state index contributed by atoms with van der Waals surface area (Å²) < 4.78 is 11.4. The highest BCUT2D eigenvalue weighted by molar-refractivity contribution is 5.77. The predicted octanol–water partition coefficient (Wildman–Crippen LogP) is 10.1. The monoisotopic (exact) mass is 625 g/mol. The van der Waals surface area contributed by atoms with Crippen LogP contribution in [0.3, 0.4) is 0 Å². The molecule has 0 aliphatic heterocycles. The first-order valence-electron chi connectivity index (χ1n) is 19.3. The number of ether oxygens (including phenoxy) is 2. The Balaban J connectivity index is 4.43. The number of hydrogen-bond donors (Lipinski definition) is 0. The first kappa shape index (κ1) is 42.9. The summed E-state index contributed by atoms with van der Waals surface area (Å²) in [6.45, 7) is 13.2. The Labute approximate surface area is 274 Å². The molecule has 262 valence electrons. The van der Waals surface area contributed by atoms with Crippen molar-refractivity contribution >= 4 is 11.8 Å². The van der Waals surface area contributed by atoms with Gasteiger partial charge in [0.05, 0.1) is 13.2 Å². The van der Waals surface area contributed by atoms with Crippen LogP contribution in [0.25, 0.3) is 0 Å². The van der Waals surface area contributed by atoms with E-state index in [1.54, 1.807) is 0 Å². The van der Waals surface area contributed by atoms with E-state index >= 15 is 0 Å². The highest BCUT2D eigenvalue weighted by Gasteiger charge is 2.15. The SMILES string of the molecule is CCCCCCCCN(CCCCCCCC)C(=O)COCCOCC(=O)N(CCCCCCCC)CCCCCCCC. The van der Waals surface area contributed by atoms with Crippen LogP contribution in [0.15, 0.2) is 0 Å². The van der Waals surface area contributed by atoms with Crippen LogP contribution in [0.2, 0.25) is 0 Å². The van der Waals surface area contributed by atoms with Crippen LogP contribution in [0.5, 0.6) is 0 Å². The van der Waals surface area contributed by atoms with Crippen LogP contribution in [-0.2, 0) is 19.1 Å². The summed E-state index contributed by atoms with van der Waals surface area (Å²) in [6, 6.07) is 0. The van der Waals surface area contributed by atoms with E-state index in [0.717, 1.165) is 51.9 Å². The molecule has 0 aliphatic rings. The lowest BCUT2D eigenvalue weighted by Gasteiger charge is -2.23. The van der Waals surface area contributed by atoms with Crippen molar-refractivity contribution in [2.24, 2.45) is 0 Å². The molecule has 2 amide bonds. The van der Waals surface area contributed by atoms with Gasteiger partial charge in [-0.05, 0) is 25.7 Å². The first-order chi connectivity index (χ1) is 21.6. The highest BCUT2D eigenvalue weighted by atomic mass is 16.5. The van der Waals surface area contributed by atoms with Crippen molar-refractivity contribution in [1.82, 2.24) is 9.80 Å². The smallest absolute Gasteiger partial charge is 0.248 e. The quantitative estimate of drug-likeness (QED) is 0.0658. The van der Waals surface area contributed by atoms with E-state index < -0.39 is 0 Å². The Morgan fingerprint density at radius 2 is 0.591 bits per heavy atom. The molecule has 44 heavy (non-hydrogen) atoms. The Morgan fingerprint density at radius 1 is 0.364 bits per heavy atom. The van der Waals surface area contributed by atoms with E-state index in [9.17, 15) is 9.59 Å². The topological polar surface area (TPSA) is 59.1 Å². The Kier molecular flexibility index (Phi) is 33.8. The van der Waals surface area contributed by atoms with Gasteiger partial charge in [-0.1, -0.05) is 156 Å². The zero-order chi connectivity index (χ0) is 32.4. The fraction of sp³-hybridized carbons (Fsp3) is 0.947. The van der Waals surface area contributed by atoms with Gasteiger partial charge in [0.15, 0.2) is 0 Å². The van der Waals surface area contributed by atoms with Gasteiger partial charge in [0, 0.05) is 26.2 Å². The average Bonchev–Trinajstić information content (AvgIpc) is 3.03. The predicted molar refractivity (Wildman–Crippen MR) is 188 cm³/mol. The minimum absolute atomic E-state index is 0.0900. The molecule has 0 aromatic rings. The number of carbonyl (C=O) groups excluding carboxylic acids is 2. The summed E-state index contributed by atoms with van der Waals surface area (Å²) in [5.41, 5.74) is 0. The molecule has 6 nitrogen and oxygen atoms in total. The molecule has 6 heteroatoms. The second-order valence-electron chi connectivity index (χ2n) is 12.9. The third-order valence-electron chi connectivity index (χ3n) is 8.65. The molecule has 0 saturated carbocycles. The average molecular weight is 625 g/mol. The highest BCUT2D eigenvalue weighted by Crippen LogP contribution is 2.11. The lowest BCUT2D eigenvalue weighted by Crippen LogP contribution is -2.37. The van der Waals surface area contributed by atoms with Crippen molar-refractivity contribution in [3.8, 4) is 0 Å². The Morgan fingerprint density at radius 3 is 0.841 bits per heavy atom. The second-order valence-corrected chi connectivity index (χ2v) is 12.9. The summed E-state index contributed by atoms with van der Waals surface area (Å²) >= 11 is 0. The van der Waals surface area contributed by atoms with E-state index in [2.05, 4.69) is 27.7 Å². The maximum atomic E-state index is 13.0. The molecule has 0 heterocycles. The van der Waals surface area contributed by atoms with E-state index in [-0.39, 0.29) is 25.0 Å². The summed E-state index contributed by atoms with van der Waals surface area (Å²) in [4.78, 5) is 30.0. The molecule has 0 unspecified atom stereocenters. The fourth-order valence-electron chi connectivity index (χ4n) is 5.67. The van der Waals surface area contributed by atoms with Gasteiger partial charge < -0.3 is 19.3 Å². The van der Waals surface area contributed by atoms with Crippen molar-refractivity contribution in [3.63, 3.8) is 0 Å². The fourth-order valence-corrected chi connectivity index (χ4v) is 5.67. The number of unbranched alkanes of at least 4 members (excludes halogenated alkanes) is 20. The van der Waals surface area contributed by atoms with Crippen molar-refractivity contribution in [1.29, 1.82) is 0 Å². The van der Waals surface area contributed by atoms with E-state index in [4.69, 9.17) is 9.47 Å². The van der Waals surface area contributed by atoms with Gasteiger partial charge in [-0.3, -0.25) is 9.59 Å². The molecule has 0 bridgehead atoms. The Hall–Kier alpha value is -1.14. The summed E-state index contributed by atoms with van der Waals surface area (Å²) in [5, 5.41) is 0. The minimum atomic E-state index is 0.0900. The number of rotatable bonds is 35. The first-order valence-corrected chi connectivity index (χ1v) is 19.3. The molecular formula is C38H76N2O4.